The highest BCUT2D eigenvalue weighted by atomic mass is 79.9. The average molecular weight is 369 g/mol. The van der Waals surface area contributed by atoms with Gasteiger partial charge in [-0.3, -0.25) is 14.4 Å². The van der Waals surface area contributed by atoms with Crippen molar-refractivity contribution in [3.05, 3.63) is 0 Å². The Balaban J connectivity index is 3.15. The first kappa shape index (κ1) is 17.9. The van der Waals surface area contributed by atoms with Gasteiger partial charge in [0.15, 0.2) is 12.2 Å². The standard InChI is InChI=1S/C12H17BrO8/c1-5-9(18-6(2)14)10(19-7(3)15)11(20-8(4)16)12(13,17)21-5/h5,9-11,17H,1-4H3/t5-,9+,10+,11-,12?/m1/s1. The molecule has 21 heavy (non-hydrogen) atoms. The van der Waals surface area contributed by atoms with Crippen molar-refractivity contribution in [2.24, 2.45) is 0 Å². The van der Waals surface area contributed by atoms with Crippen molar-refractivity contribution in [3.8, 4) is 0 Å². The number of aliphatic hydroxyl groups is 1. The fraction of sp³-hybridized carbons (Fsp3) is 0.750. The molecule has 8 nitrogen and oxygen atoms in total. The number of rotatable bonds is 3. The van der Waals surface area contributed by atoms with Crippen LogP contribution < -0.4 is 0 Å². The molecule has 0 aliphatic carbocycles. The van der Waals surface area contributed by atoms with Crippen molar-refractivity contribution in [2.45, 2.75) is 56.8 Å². The van der Waals surface area contributed by atoms with Gasteiger partial charge in [0, 0.05) is 20.8 Å². The Morgan fingerprint density at radius 1 is 1.00 bits per heavy atom. The molecule has 1 aliphatic rings. The normalized spacial score (nSPS) is 35.7. The first-order valence-corrected chi connectivity index (χ1v) is 6.94. The Kier molecular flexibility index (Phi) is 5.71. The van der Waals surface area contributed by atoms with E-state index in [0.717, 1.165) is 13.8 Å². The van der Waals surface area contributed by atoms with Crippen LogP contribution in [0.5, 0.6) is 0 Å². The number of halogens is 1. The summed E-state index contributed by atoms with van der Waals surface area (Å²) in [7, 11) is 0. The SMILES string of the molecule is CC(=O)O[C@@H]1[C@H](OC(C)=O)[C@@H](OC(C)=O)C(O)(Br)O[C@@H]1C. The van der Waals surface area contributed by atoms with Crippen molar-refractivity contribution in [1.82, 2.24) is 0 Å². The Labute approximate surface area is 129 Å². The first-order chi connectivity index (χ1) is 9.54. The van der Waals surface area contributed by atoms with Crippen molar-refractivity contribution >= 4 is 33.8 Å². The summed E-state index contributed by atoms with van der Waals surface area (Å²) in [4.78, 5) is 33.6. The van der Waals surface area contributed by atoms with Crippen LogP contribution in [0.25, 0.3) is 0 Å². The van der Waals surface area contributed by atoms with E-state index in [-0.39, 0.29) is 0 Å². The average Bonchev–Trinajstić information content (AvgIpc) is 2.27. The zero-order valence-corrected chi connectivity index (χ0v) is 13.6. The predicted octanol–water partition coefficient (Wildman–Crippen LogP) is 0.241. The van der Waals surface area contributed by atoms with Gasteiger partial charge in [0.25, 0.3) is 4.70 Å². The molecule has 1 unspecified atom stereocenters. The van der Waals surface area contributed by atoms with E-state index in [4.69, 9.17) is 18.9 Å². The van der Waals surface area contributed by atoms with Crippen molar-refractivity contribution < 1.29 is 38.4 Å². The highest BCUT2D eigenvalue weighted by molar-refractivity contribution is 9.10. The summed E-state index contributed by atoms with van der Waals surface area (Å²) in [5, 5.41) is 10.2. The Morgan fingerprint density at radius 2 is 1.43 bits per heavy atom. The van der Waals surface area contributed by atoms with E-state index in [2.05, 4.69) is 15.9 Å². The lowest BCUT2D eigenvalue weighted by Crippen LogP contribution is -2.64. The molecule has 0 aromatic heterocycles. The van der Waals surface area contributed by atoms with Crippen LogP contribution in [0.1, 0.15) is 27.7 Å². The molecule has 1 rings (SSSR count). The van der Waals surface area contributed by atoms with Crippen molar-refractivity contribution in [2.75, 3.05) is 0 Å². The quantitative estimate of drug-likeness (QED) is 0.428. The molecular formula is C12H17BrO8. The van der Waals surface area contributed by atoms with Crippen LogP contribution in [-0.4, -0.2) is 52.1 Å². The summed E-state index contributed by atoms with van der Waals surface area (Å²) in [5.74, 6) is -2.05. The molecule has 0 aromatic carbocycles. The van der Waals surface area contributed by atoms with Crippen LogP contribution in [-0.2, 0) is 33.3 Å². The fourth-order valence-electron chi connectivity index (χ4n) is 2.03. The molecule has 0 radical (unpaired) electrons. The molecule has 1 aliphatic heterocycles. The number of hydrogen-bond donors (Lipinski definition) is 1. The van der Waals surface area contributed by atoms with E-state index >= 15 is 0 Å². The number of hydrogen-bond acceptors (Lipinski definition) is 8. The van der Waals surface area contributed by atoms with Gasteiger partial charge >= 0.3 is 17.9 Å². The summed E-state index contributed by atoms with van der Waals surface area (Å²) in [6, 6.07) is 0. The van der Waals surface area contributed by atoms with Crippen LogP contribution in [0.3, 0.4) is 0 Å². The molecule has 120 valence electrons. The van der Waals surface area contributed by atoms with E-state index in [1.54, 1.807) is 0 Å². The number of esters is 3. The summed E-state index contributed by atoms with van der Waals surface area (Å²) < 4.78 is 18.2. The third-order valence-corrected chi connectivity index (χ3v) is 3.32. The first-order valence-electron chi connectivity index (χ1n) is 6.15. The third-order valence-electron chi connectivity index (χ3n) is 2.68. The summed E-state index contributed by atoms with van der Waals surface area (Å²) in [5.41, 5.74) is 0. The zero-order chi connectivity index (χ0) is 16.4. The highest BCUT2D eigenvalue weighted by Crippen LogP contribution is 2.37. The monoisotopic (exact) mass is 368 g/mol. The van der Waals surface area contributed by atoms with Crippen molar-refractivity contribution in [1.29, 1.82) is 0 Å². The van der Waals surface area contributed by atoms with Crippen LogP contribution in [0.15, 0.2) is 0 Å². The minimum absolute atomic E-state index is 0.630. The second-order valence-electron chi connectivity index (χ2n) is 4.61. The fourth-order valence-corrected chi connectivity index (χ4v) is 2.68. The van der Waals surface area contributed by atoms with E-state index in [1.807, 2.05) is 0 Å². The minimum Gasteiger partial charge on any atom is -0.456 e. The lowest BCUT2D eigenvalue weighted by atomic mass is 9.99. The smallest absolute Gasteiger partial charge is 0.303 e. The van der Waals surface area contributed by atoms with Crippen LogP contribution in [0.2, 0.25) is 0 Å². The van der Waals surface area contributed by atoms with E-state index in [1.165, 1.54) is 13.8 Å². The highest BCUT2D eigenvalue weighted by Gasteiger charge is 2.57. The molecule has 9 heteroatoms. The largest absolute Gasteiger partial charge is 0.456 e. The lowest BCUT2D eigenvalue weighted by Gasteiger charge is -2.45. The molecular weight excluding hydrogens is 352 g/mol. The Hall–Kier alpha value is -1.19. The van der Waals surface area contributed by atoms with Gasteiger partial charge in [-0.1, -0.05) is 0 Å². The zero-order valence-electron chi connectivity index (χ0n) is 12.0. The van der Waals surface area contributed by atoms with Crippen LogP contribution in [0.4, 0.5) is 0 Å². The second kappa shape index (κ2) is 6.71. The Bertz CT molecular complexity index is 435. The molecule has 1 heterocycles. The molecule has 0 saturated carbocycles. The molecule has 1 saturated heterocycles. The van der Waals surface area contributed by atoms with Gasteiger partial charge < -0.3 is 24.1 Å². The number of carbonyl (C=O) groups is 3. The molecule has 0 bridgehead atoms. The van der Waals surface area contributed by atoms with E-state index in [9.17, 15) is 19.5 Å². The molecule has 0 spiro atoms. The predicted molar refractivity (Wildman–Crippen MR) is 71.1 cm³/mol. The maximum Gasteiger partial charge on any atom is 0.303 e. The lowest BCUT2D eigenvalue weighted by molar-refractivity contribution is -0.301. The molecule has 1 N–H and O–H groups in total. The molecule has 0 aromatic rings. The van der Waals surface area contributed by atoms with Gasteiger partial charge in [-0.05, 0) is 22.9 Å². The number of carbonyl (C=O) groups excluding carboxylic acids is 3. The van der Waals surface area contributed by atoms with Gasteiger partial charge in [0.1, 0.15) is 0 Å². The molecule has 5 atom stereocenters. The molecule has 0 amide bonds. The topological polar surface area (TPSA) is 108 Å². The Morgan fingerprint density at radius 3 is 1.86 bits per heavy atom. The maximum atomic E-state index is 11.3. The summed E-state index contributed by atoms with van der Waals surface area (Å²) >= 11 is 2.88. The number of alkyl halides is 1. The summed E-state index contributed by atoms with van der Waals surface area (Å²) in [6.07, 6.45) is -4.47. The minimum atomic E-state index is -2.07. The van der Waals surface area contributed by atoms with Gasteiger partial charge in [-0.25, -0.2) is 0 Å². The maximum absolute atomic E-state index is 11.3. The van der Waals surface area contributed by atoms with Crippen LogP contribution in [0, 0.1) is 0 Å². The number of ether oxygens (including phenoxy) is 4. The van der Waals surface area contributed by atoms with E-state index in [0.29, 0.717) is 0 Å². The second-order valence-corrected chi connectivity index (χ2v) is 5.75. The van der Waals surface area contributed by atoms with Gasteiger partial charge in [-0.2, -0.15) is 0 Å². The summed E-state index contributed by atoms with van der Waals surface area (Å²) in [6.45, 7) is 4.95. The van der Waals surface area contributed by atoms with Gasteiger partial charge in [0.05, 0.1) is 6.10 Å². The van der Waals surface area contributed by atoms with E-state index < -0.39 is 47.0 Å². The van der Waals surface area contributed by atoms with Gasteiger partial charge in [-0.15, -0.1) is 0 Å². The van der Waals surface area contributed by atoms with Crippen LogP contribution >= 0.6 is 15.9 Å². The van der Waals surface area contributed by atoms with Crippen molar-refractivity contribution in [3.63, 3.8) is 0 Å². The molecule has 1 fully saturated rings. The third kappa shape index (κ3) is 4.65. The van der Waals surface area contributed by atoms with Gasteiger partial charge in [0.2, 0.25) is 6.10 Å².